The van der Waals surface area contributed by atoms with Gasteiger partial charge in [0.15, 0.2) is 0 Å². The molecule has 0 fully saturated rings. The molecular weight excluding hydrogens is 394 g/mol. The van der Waals surface area contributed by atoms with Gasteiger partial charge in [-0.2, -0.15) is 0 Å². The van der Waals surface area contributed by atoms with Gasteiger partial charge >= 0.3 is 0 Å². The molecule has 2 aromatic carbocycles. The first kappa shape index (κ1) is 20.0. The number of nitrogens with two attached hydrogens (primary N) is 1. The largest absolute Gasteiger partial charge is 0.368 e. The van der Waals surface area contributed by atoms with Gasteiger partial charge in [0, 0.05) is 16.0 Å². The number of thiophene rings is 1. The average molecular weight is 418 g/mol. The fourth-order valence-corrected chi connectivity index (χ4v) is 4.75. The molecule has 0 saturated carbocycles. The van der Waals surface area contributed by atoms with Crippen LogP contribution in [0.1, 0.15) is 29.0 Å². The summed E-state index contributed by atoms with van der Waals surface area (Å²) in [4.78, 5) is 32.3. The third kappa shape index (κ3) is 3.33. The number of fused-ring (bicyclic) bond motifs is 1. The van der Waals surface area contributed by atoms with Crippen molar-refractivity contribution in [1.82, 2.24) is 9.55 Å². The topological polar surface area (TPSA) is 78.0 Å². The molecule has 4 aromatic rings. The van der Waals surface area contributed by atoms with Crippen molar-refractivity contribution in [3.63, 3.8) is 0 Å². The molecule has 0 aliphatic carbocycles. The van der Waals surface area contributed by atoms with Crippen molar-refractivity contribution in [3.8, 4) is 22.5 Å². The van der Waals surface area contributed by atoms with Gasteiger partial charge in [-0.1, -0.05) is 53.6 Å². The highest BCUT2D eigenvalue weighted by Crippen LogP contribution is 2.37. The van der Waals surface area contributed by atoms with Gasteiger partial charge in [0.25, 0.3) is 5.56 Å². The van der Waals surface area contributed by atoms with Crippen LogP contribution in [0.3, 0.4) is 0 Å². The Bertz CT molecular complexity index is 1330. The van der Waals surface area contributed by atoms with E-state index in [0.717, 1.165) is 32.7 Å². The quantitative estimate of drug-likeness (QED) is 0.520. The van der Waals surface area contributed by atoms with E-state index in [2.05, 4.69) is 0 Å². The second-order valence-electron chi connectivity index (χ2n) is 7.64. The van der Waals surface area contributed by atoms with Crippen molar-refractivity contribution in [3.05, 3.63) is 74.9 Å². The van der Waals surface area contributed by atoms with Gasteiger partial charge in [-0.3, -0.25) is 14.2 Å². The van der Waals surface area contributed by atoms with Gasteiger partial charge in [0.1, 0.15) is 16.7 Å². The molecule has 0 aliphatic rings. The smallest absolute Gasteiger partial charge is 0.263 e. The zero-order valence-electron chi connectivity index (χ0n) is 17.4. The number of hydrogen-bond acceptors (Lipinski definition) is 4. The number of carbonyl (C=O) groups is 1. The van der Waals surface area contributed by atoms with Crippen LogP contribution in [-0.4, -0.2) is 15.5 Å². The maximum absolute atomic E-state index is 13.7. The lowest BCUT2D eigenvalue weighted by molar-refractivity contribution is -0.120. The van der Waals surface area contributed by atoms with Crippen LogP contribution >= 0.6 is 11.3 Å². The van der Waals surface area contributed by atoms with Crippen LogP contribution in [0, 0.1) is 20.8 Å². The van der Waals surface area contributed by atoms with Crippen LogP contribution in [0.25, 0.3) is 32.7 Å². The zero-order chi connectivity index (χ0) is 21.6. The first-order valence-electron chi connectivity index (χ1n) is 9.77. The van der Waals surface area contributed by atoms with E-state index in [0.29, 0.717) is 16.0 Å². The summed E-state index contributed by atoms with van der Waals surface area (Å²) in [7, 11) is 0. The van der Waals surface area contributed by atoms with Crippen LogP contribution in [0.15, 0.2) is 53.3 Å². The van der Waals surface area contributed by atoms with Crippen LogP contribution in [-0.2, 0) is 4.79 Å². The fraction of sp³-hybridized carbons (Fsp3) is 0.208. The lowest BCUT2D eigenvalue weighted by Crippen LogP contribution is -2.33. The Morgan fingerprint density at radius 1 is 1.03 bits per heavy atom. The number of benzene rings is 2. The predicted molar refractivity (Wildman–Crippen MR) is 123 cm³/mol. The van der Waals surface area contributed by atoms with Gasteiger partial charge in [0.05, 0.1) is 5.39 Å². The van der Waals surface area contributed by atoms with Crippen molar-refractivity contribution in [2.45, 2.75) is 33.7 Å². The summed E-state index contributed by atoms with van der Waals surface area (Å²) in [5, 5.41) is 0.533. The number of carbonyl (C=O) groups excluding carboxylic acids is 1. The van der Waals surface area contributed by atoms with Crippen molar-refractivity contribution in [2.75, 3.05) is 0 Å². The van der Waals surface area contributed by atoms with Gasteiger partial charge in [-0.05, 0) is 39.3 Å². The lowest BCUT2D eigenvalue weighted by atomic mass is 10.0. The summed E-state index contributed by atoms with van der Waals surface area (Å²) in [5.74, 6) is -0.116. The number of rotatable bonds is 4. The Hall–Kier alpha value is -3.25. The molecule has 152 valence electrons. The van der Waals surface area contributed by atoms with Gasteiger partial charge in [-0.15, -0.1) is 11.3 Å². The maximum Gasteiger partial charge on any atom is 0.263 e. The molecule has 2 N–H and O–H groups in total. The molecule has 5 nitrogen and oxygen atoms in total. The van der Waals surface area contributed by atoms with E-state index in [1.54, 1.807) is 6.92 Å². The summed E-state index contributed by atoms with van der Waals surface area (Å²) in [6.07, 6.45) is 0. The van der Waals surface area contributed by atoms with Crippen molar-refractivity contribution >= 4 is 27.5 Å². The number of primary amides is 1. The minimum Gasteiger partial charge on any atom is -0.368 e. The molecule has 0 aliphatic heterocycles. The average Bonchev–Trinajstić information content (AvgIpc) is 3.04. The zero-order valence-corrected chi connectivity index (χ0v) is 18.2. The van der Waals surface area contributed by atoms with Crippen LogP contribution in [0.4, 0.5) is 0 Å². The molecule has 30 heavy (non-hydrogen) atoms. The molecule has 6 heteroatoms. The second kappa shape index (κ2) is 7.54. The van der Waals surface area contributed by atoms with E-state index in [9.17, 15) is 9.59 Å². The van der Waals surface area contributed by atoms with E-state index < -0.39 is 11.9 Å². The summed E-state index contributed by atoms with van der Waals surface area (Å²) < 4.78 is 1.43. The van der Waals surface area contributed by atoms with E-state index in [-0.39, 0.29) is 5.56 Å². The summed E-state index contributed by atoms with van der Waals surface area (Å²) >= 11 is 1.49. The normalized spacial score (nSPS) is 12.3. The van der Waals surface area contributed by atoms with E-state index in [1.165, 1.54) is 15.9 Å². The highest BCUT2D eigenvalue weighted by molar-refractivity contribution is 7.19. The molecule has 4 rings (SSSR count). The maximum atomic E-state index is 13.7. The lowest BCUT2D eigenvalue weighted by Gasteiger charge is -2.17. The Labute approximate surface area is 178 Å². The molecule has 1 unspecified atom stereocenters. The third-order valence-electron chi connectivity index (χ3n) is 5.35. The first-order valence-corrected chi connectivity index (χ1v) is 10.6. The van der Waals surface area contributed by atoms with Gasteiger partial charge in [0.2, 0.25) is 5.91 Å². The molecule has 0 spiro atoms. The first-order chi connectivity index (χ1) is 14.3. The molecule has 1 atom stereocenters. The monoisotopic (exact) mass is 417 g/mol. The fourth-order valence-electron chi connectivity index (χ4n) is 3.72. The molecular formula is C24H23N3O2S. The Kier molecular flexibility index (Phi) is 5.03. The standard InChI is InChI=1S/C24H23N3O2S/c1-13-8-10-17(11-9-13)19-16(4)30-23-20(19)24(29)27(15(3)21(25)28)22(26-23)18-7-5-6-14(2)12-18/h5-12,15H,1-4H3,(H2,25,28). The van der Waals surface area contributed by atoms with Gasteiger partial charge < -0.3 is 5.73 Å². The van der Waals surface area contributed by atoms with Crippen molar-refractivity contribution in [1.29, 1.82) is 0 Å². The molecule has 0 radical (unpaired) electrons. The molecule has 1 amide bonds. The van der Waals surface area contributed by atoms with Crippen LogP contribution in [0.5, 0.6) is 0 Å². The van der Waals surface area contributed by atoms with Crippen molar-refractivity contribution in [2.24, 2.45) is 5.73 Å². The molecule has 2 heterocycles. The highest BCUT2D eigenvalue weighted by Gasteiger charge is 2.24. The molecule has 2 aromatic heterocycles. The van der Waals surface area contributed by atoms with Crippen LogP contribution < -0.4 is 11.3 Å². The number of amides is 1. The number of nitrogens with zero attached hydrogens (tertiary/aromatic N) is 2. The summed E-state index contributed by atoms with van der Waals surface area (Å²) in [5.41, 5.74) is 10.2. The van der Waals surface area contributed by atoms with E-state index in [4.69, 9.17) is 10.7 Å². The highest BCUT2D eigenvalue weighted by atomic mass is 32.1. The minimum atomic E-state index is -0.823. The number of hydrogen-bond donors (Lipinski definition) is 1. The third-order valence-corrected chi connectivity index (χ3v) is 6.35. The number of aryl methyl sites for hydroxylation is 3. The van der Waals surface area contributed by atoms with Gasteiger partial charge in [-0.25, -0.2) is 4.98 Å². The minimum absolute atomic E-state index is 0.247. The second-order valence-corrected chi connectivity index (χ2v) is 8.84. The summed E-state index contributed by atoms with van der Waals surface area (Å²) in [6, 6.07) is 15.0. The Morgan fingerprint density at radius 3 is 2.37 bits per heavy atom. The molecule has 0 bridgehead atoms. The van der Waals surface area contributed by atoms with E-state index in [1.807, 2.05) is 69.3 Å². The SMILES string of the molecule is Cc1ccc(-c2c(C)sc3nc(-c4cccc(C)c4)n(C(C)C(N)=O)c(=O)c23)cc1. The van der Waals surface area contributed by atoms with E-state index >= 15 is 0 Å². The Balaban J connectivity index is 2.10. The molecule has 0 saturated heterocycles. The summed E-state index contributed by atoms with van der Waals surface area (Å²) in [6.45, 7) is 7.64. The number of aromatic nitrogens is 2. The van der Waals surface area contributed by atoms with Crippen molar-refractivity contribution < 1.29 is 4.79 Å². The van der Waals surface area contributed by atoms with Crippen LogP contribution in [0.2, 0.25) is 0 Å². The predicted octanol–water partition coefficient (Wildman–Crippen LogP) is 4.76. The Morgan fingerprint density at radius 2 is 1.73 bits per heavy atom.